The van der Waals surface area contributed by atoms with E-state index in [1.54, 1.807) is 18.6 Å². The summed E-state index contributed by atoms with van der Waals surface area (Å²) >= 11 is 0. The summed E-state index contributed by atoms with van der Waals surface area (Å²) in [5, 5.41) is 16.4. The Morgan fingerprint density at radius 3 is 1.29 bits per heavy atom. The highest BCUT2D eigenvalue weighted by molar-refractivity contribution is 5.85. The molecule has 0 saturated carbocycles. The summed E-state index contributed by atoms with van der Waals surface area (Å²) in [6.45, 7) is 0. The van der Waals surface area contributed by atoms with Crippen LogP contribution in [0.15, 0.2) is 130 Å². The first-order valence-electron chi connectivity index (χ1n) is 10.7. The van der Waals surface area contributed by atoms with Crippen LogP contribution in [-0.4, -0.2) is 24.6 Å². The lowest BCUT2D eigenvalue weighted by Crippen LogP contribution is -2.30. The third-order valence-electron chi connectivity index (χ3n) is 4.24. The van der Waals surface area contributed by atoms with Gasteiger partial charge in [0.25, 0.3) is 5.96 Å². The average Bonchev–Trinajstić information content (AvgIpc) is 2.89. The zero-order valence-electron chi connectivity index (χ0n) is 18.6. The Morgan fingerprint density at radius 2 is 0.882 bits per heavy atom. The molecule has 0 fully saturated rings. The number of benzene rings is 3. The number of nitrogens with zero attached hydrogens (tertiary/aromatic N) is 4. The molecule has 0 radical (unpaired) electrons. The zero-order chi connectivity index (χ0) is 23.5. The third-order valence-corrected chi connectivity index (χ3v) is 4.24. The molecule has 0 amide bonds. The molecule has 34 heavy (non-hydrogen) atoms. The SMILES string of the molecule is C(=C\c1ccccc1)/C=N/N=C(N/N=C/C=C/c1ccccc1)N/N=C/C=C/c1ccccc1. The quantitative estimate of drug-likeness (QED) is 0.254. The molecule has 168 valence electrons. The number of allylic oxidation sites excluding steroid dienone is 3. The number of hydrogen-bond donors (Lipinski definition) is 2. The molecule has 0 heterocycles. The van der Waals surface area contributed by atoms with Crippen LogP contribution < -0.4 is 10.9 Å². The normalized spacial score (nSPS) is 12.0. The highest BCUT2D eigenvalue weighted by Gasteiger charge is 1.92. The van der Waals surface area contributed by atoms with Crippen LogP contribution in [0.4, 0.5) is 0 Å². The largest absolute Gasteiger partial charge is 0.257 e. The van der Waals surface area contributed by atoms with Gasteiger partial charge < -0.3 is 0 Å². The van der Waals surface area contributed by atoms with Crippen LogP contribution in [0.2, 0.25) is 0 Å². The number of hydrogen-bond acceptors (Lipinski definition) is 4. The Morgan fingerprint density at radius 1 is 0.500 bits per heavy atom. The topological polar surface area (TPSA) is 73.5 Å². The van der Waals surface area contributed by atoms with E-state index in [0.717, 1.165) is 16.7 Å². The Hall–Kier alpha value is -4.84. The predicted molar refractivity (Wildman–Crippen MR) is 146 cm³/mol. The maximum atomic E-state index is 4.14. The van der Waals surface area contributed by atoms with E-state index in [0.29, 0.717) is 0 Å². The van der Waals surface area contributed by atoms with E-state index in [1.807, 2.05) is 127 Å². The first-order valence-corrected chi connectivity index (χ1v) is 10.7. The Labute approximate surface area is 200 Å². The molecule has 0 saturated heterocycles. The number of nitrogens with one attached hydrogen (secondary N) is 2. The standard InChI is InChI=1S/C28H26N6/c1-4-13-25(14-5-1)19-10-22-29-32-28(33-30-23-11-20-26-15-6-2-7-16-26)34-31-24-12-21-27-17-8-3-9-18-27/h1-24H,(H2,32,33,34)/b19-10+,20-11+,21-12+,29-22+,30-23+,31-24+. The van der Waals surface area contributed by atoms with Crippen LogP contribution in [0.1, 0.15) is 16.7 Å². The van der Waals surface area contributed by atoms with E-state index in [1.165, 1.54) is 0 Å². The molecule has 0 aliphatic carbocycles. The highest BCUT2D eigenvalue weighted by atomic mass is 15.5. The molecule has 2 N–H and O–H groups in total. The second kappa shape index (κ2) is 15.0. The lowest BCUT2D eigenvalue weighted by atomic mass is 10.2. The summed E-state index contributed by atoms with van der Waals surface area (Å²) in [6.07, 6.45) is 16.2. The minimum atomic E-state index is 0.276. The van der Waals surface area contributed by atoms with Gasteiger partial charge in [0.2, 0.25) is 0 Å². The zero-order valence-corrected chi connectivity index (χ0v) is 18.6. The maximum Gasteiger partial charge on any atom is 0.257 e. The molecule has 0 unspecified atom stereocenters. The maximum absolute atomic E-state index is 4.14. The van der Waals surface area contributed by atoms with Gasteiger partial charge in [-0.15, -0.1) is 5.10 Å². The Balaban J connectivity index is 1.57. The van der Waals surface area contributed by atoms with Gasteiger partial charge in [-0.3, -0.25) is 0 Å². The highest BCUT2D eigenvalue weighted by Crippen LogP contribution is 2.01. The van der Waals surface area contributed by atoms with Crippen LogP contribution in [0, 0.1) is 0 Å². The van der Waals surface area contributed by atoms with Crippen molar-refractivity contribution in [2.75, 3.05) is 0 Å². The van der Waals surface area contributed by atoms with Crippen molar-refractivity contribution in [1.29, 1.82) is 0 Å². The first kappa shape index (κ1) is 23.8. The van der Waals surface area contributed by atoms with Gasteiger partial charge in [-0.2, -0.15) is 15.3 Å². The van der Waals surface area contributed by atoms with Crippen LogP contribution >= 0.6 is 0 Å². The number of guanidine groups is 1. The first-order chi connectivity index (χ1) is 16.9. The minimum Gasteiger partial charge on any atom is -0.244 e. The molecule has 6 nitrogen and oxygen atoms in total. The molecule has 3 rings (SSSR count). The molecular weight excluding hydrogens is 420 g/mol. The van der Waals surface area contributed by atoms with Gasteiger partial charge in [0.1, 0.15) is 0 Å². The summed E-state index contributed by atoms with van der Waals surface area (Å²) in [7, 11) is 0. The second-order valence-electron chi connectivity index (χ2n) is 6.80. The Bertz CT molecular complexity index is 1110. The van der Waals surface area contributed by atoms with Gasteiger partial charge >= 0.3 is 0 Å². The molecule has 3 aromatic rings. The van der Waals surface area contributed by atoms with E-state index < -0.39 is 0 Å². The predicted octanol–water partition coefficient (Wildman–Crippen LogP) is 5.62. The van der Waals surface area contributed by atoms with Crippen molar-refractivity contribution in [2.24, 2.45) is 20.4 Å². The van der Waals surface area contributed by atoms with Crippen molar-refractivity contribution in [3.8, 4) is 0 Å². The fourth-order valence-electron chi connectivity index (χ4n) is 2.64. The van der Waals surface area contributed by atoms with Gasteiger partial charge in [0, 0.05) is 18.6 Å². The van der Waals surface area contributed by atoms with Crippen molar-refractivity contribution in [1.82, 2.24) is 10.9 Å². The minimum absolute atomic E-state index is 0.276. The van der Waals surface area contributed by atoms with Gasteiger partial charge in [-0.25, -0.2) is 10.9 Å². The molecule has 0 spiro atoms. The lowest BCUT2D eigenvalue weighted by molar-refractivity contribution is 0.891. The van der Waals surface area contributed by atoms with Crippen molar-refractivity contribution < 1.29 is 0 Å². The van der Waals surface area contributed by atoms with E-state index in [9.17, 15) is 0 Å². The van der Waals surface area contributed by atoms with Crippen molar-refractivity contribution in [2.45, 2.75) is 0 Å². The van der Waals surface area contributed by atoms with Crippen LogP contribution in [0.3, 0.4) is 0 Å². The van der Waals surface area contributed by atoms with E-state index in [2.05, 4.69) is 31.3 Å². The molecule has 0 aliphatic rings. The number of hydrazone groups is 2. The summed E-state index contributed by atoms with van der Waals surface area (Å²) in [4.78, 5) is 0. The molecular formula is C28H26N6. The molecule has 3 aromatic carbocycles. The lowest BCUT2D eigenvalue weighted by Gasteiger charge is -2.01. The summed E-state index contributed by atoms with van der Waals surface area (Å²) in [5.74, 6) is 0.276. The van der Waals surface area contributed by atoms with E-state index in [-0.39, 0.29) is 5.96 Å². The van der Waals surface area contributed by atoms with Crippen LogP contribution in [0.5, 0.6) is 0 Å². The monoisotopic (exact) mass is 446 g/mol. The molecule has 0 aliphatic heterocycles. The fourth-order valence-corrected chi connectivity index (χ4v) is 2.64. The van der Waals surface area contributed by atoms with Gasteiger partial charge in [-0.1, -0.05) is 109 Å². The van der Waals surface area contributed by atoms with Crippen LogP contribution in [-0.2, 0) is 0 Å². The summed E-state index contributed by atoms with van der Waals surface area (Å²) < 4.78 is 0. The second-order valence-corrected chi connectivity index (χ2v) is 6.80. The van der Waals surface area contributed by atoms with E-state index in [4.69, 9.17) is 0 Å². The molecule has 0 aromatic heterocycles. The van der Waals surface area contributed by atoms with Gasteiger partial charge in [0.15, 0.2) is 0 Å². The van der Waals surface area contributed by atoms with Crippen LogP contribution in [0.25, 0.3) is 18.2 Å². The third kappa shape index (κ3) is 9.98. The van der Waals surface area contributed by atoms with Crippen molar-refractivity contribution in [3.63, 3.8) is 0 Å². The summed E-state index contributed by atoms with van der Waals surface area (Å²) in [6, 6.07) is 29.9. The molecule has 6 heteroatoms. The fraction of sp³-hybridized carbons (Fsp3) is 0. The van der Waals surface area contributed by atoms with Gasteiger partial charge in [-0.05, 0) is 34.9 Å². The molecule has 0 atom stereocenters. The van der Waals surface area contributed by atoms with Gasteiger partial charge in [0.05, 0.1) is 0 Å². The summed E-state index contributed by atoms with van der Waals surface area (Å²) in [5.41, 5.74) is 8.87. The molecule has 0 bridgehead atoms. The van der Waals surface area contributed by atoms with Crippen molar-refractivity contribution >= 4 is 42.8 Å². The van der Waals surface area contributed by atoms with Crippen molar-refractivity contribution in [3.05, 3.63) is 126 Å². The number of rotatable bonds is 9. The van der Waals surface area contributed by atoms with E-state index >= 15 is 0 Å². The smallest absolute Gasteiger partial charge is 0.244 e. The Kier molecular flexibility index (Phi) is 10.5. The average molecular weight is 447 g/mol.